The van der Waals surface area contributed by atoms with Gasteiger partial charge in [0.25, 0.3) is 0 Å². The summed E-state index contributed by atoms with van der Waals surface area (Å²) in [5, 5.41) is 31.6. The summed E-state index contributed by atoms with van der Waals surface area (Å²) in [6.45, 7) is 3.38. The zero-order chi connectivity index (χ0) is 13.4. The van der Waals surface area contributed by atoms with Crippen LogP contribution in [0.2, 0.25) is 0 Å². The fraction of sp³-hybridized carbons (Fsp3) is 0.857. The number of rotatable bonds is 0. The third kappa shape index (κ3) is 12400. The second-order valence-electron chi connectivity index (χ2n) is 0.552. The van der Waals surface area contributed by atoms with Crippen molar-refractivity contribution in [2.45, 2.75) is 36.1 Å². The van der Waals surface area contributed by atoms with Crippen LogP contribution in [0.4, 0.5) is 0 Å². The molecule has 0 bridgehead atoms. The Bertz CT molecular complexity index is 45.1. The van der Waals surface area contributed by atoms with Crippen LogP contribution in [-0.2, 0) is 4.79 Å². The molecule has 0 heterocycles. The molecule has 8 nitrogen and oxygen atoms in total. The minimum atomic E-state index is 0. The van der Waals surface area contributed by atoms with Crippen LogP contribution in [0.3, 0.4) is 0 Å². The summed E-state index contributed by atoms with van der Waals surface area (Å²) in [5.74, 6) is 0. The van der Waals surface area contributed by atoms with E-state index in [2.05, 4.69) is 37.2 Å². The molecule has 0 aromatic heterocycles. The molecule has 0 unspecified atom stereocenters. The Morgan fingerprint density at radius 2 is 0.941 bits per heavy atom. The van der Waals surface area contributed by atoms with Gasteiger partial charge in [-0.25, -0.2) is 0 Å². The number of hydrogen-bond donors (Lipinski definition) is 5. The number of carbonyl (C=O) groups excluding carboxylic acids is 1. The largest absolute Gasteiger partial charge is 0.397 e. The van der Waals surface area contributed by atoms with Crippen LogP contribution in [0.1, 0.15) is 36.1 Å². The predicted molar refractivity (Wildman–Crippen MR) is 90.0 cm³/mol. The topological polar surface area (TPSA) is 152 Å². The van der Waals surface area contributed by atoms with Crippen molar-refractivity contribution in [3.63, 3.8) is 0 Å². The SMILES string of the molecule is C.C.C.CC=O.CCO.II.O=O.OO.OO. The summed E-state index contributed by atoms with van der Waals surface area (Å²) in [6, 6.07) is 0. The second kappa shape index (κ2) is 623. The van der Waals surface area contributed by atoms with Crippen LogP contribution in [0.25, 0.3) is 0 Å². The summed E-state index contributed by atoms with van der Waals surface area (Å²) in [7, 11) is 0. The van der Waals surface area contributed by atoms with Gasteiger partial charge < -0.3 is 9.90 Å². The van der Waals surface area contributed by atoms with Gasteiger partial charge in [-0.05, 0) is 13.8 Å². The maximum absolute atomic E-state index is 8.81. The van der Waals surface area contributed by atoms with Gasteiger partial charge in [-0.1, -0.05) is 22.3 Å². The lowest BCUT2D eigenvalue weighted by molar-refractivity contribution is -0.176. The van der Waals surface area contributed by atoms with E-state index in [1.54, 1.807) is 6.92 Å². The molecule has 0 amide bonds. The minimum absolute atomic E-state index is 0. The monoisotopic (exact) mass is 492 g/mol. The molecule has 0 aromatic rings. The summed E-state index contributed by atoms with van der Waals surface area (Å²) < 4.78 is 0. The van der Waals surface area contributed by atoms with E-state index in [9.17, 15) is 0 Å². The molecule has 0 aromatic carbocycles. The molecule has 0 saturated heterocycles. The van der Waals surface area contributed by atoms with Crippen molar-refractivity contribution in [3.8, 4) is 0 Å². The van der Waals surface area contributed by atoms with E-state index in [0.29, 0.717) is 0 Å². The summed E-state index contributed by atoms with van der Waals surface area (Å²) in [6.07, 6.45) is 0.750. The van der Waals surface area contributed by atoms with Gasteiger partial charge in [0, 0.05) is 53.8 Å². The Balaban J connectivity index is -0.00000000631. The van der Waals surface area contributed by atoms with E-state index < -0.39 is 0 Å². The van der Waals surface area contributed by atoms with Crippen molar-refractivity contribution in [2.24, 2.45) is 0 Å². The fourth-order valence-electron chi connectivity index (χ4n) is 0. The molecule has 0 aliphatic carbocycles. The van der Waals surface area contributed by atoms with Crippen molar-refractivity contribution in [3.05, 3.63) is 9.93 Å². The standard InChI is InChI=1S/C2H6O.C2H4O.3CH4.I2.2H2O2.O2/c2*1-2-3;;;;4*1-2/h3H,2H2,1H3;2H,1H3;3*1H4;;2*1-2H;. The maximum Gasteiger partial charge on any atom is 0.116 e. The van der Waals surface area contributed by atoms with E-state index in [0.717, 1.165) is 6.29 Å². The zero-order valence-electron chi connectivity index (χ0n) is 7.50. The number of aldehydes is 1. The average Bonchev–Trinajstić information content (AvgIpc) is 2.31. The molecular formula is C7H26I2O8. The van der Waals surface area contributed by atoms with Gasteiger partial charge in [-0.2, -0.15) is 0 Å². The van der Waals surface area contributed by atoms with E-state index >= 15 is 0 Å². The van der Waals surface area contributed by atoms with E-state index in [1.165, 1.54) is 6.92 Å². The molecule has 116 valence electrons. The Hall–Kier alpha value is 0.530. The van der Waals surface area contributed by atoms with Crippen molar-refractivity contribution < 1.29 is 30.9 Å². The van der Waals surface area contributed by atoms with Crippen LogP contribution < -0.4 is 0 Å². The van der Waals surface area contributed by atoms with Crippen molar-refractivity contribution in [1.29, 1.82) is 0 Å². The van der Waals surface area contributed by atoms with Gasteiger partial charge >= 0.3 is 0 Å². The third-order valence-electron chi connectivity index (χ3n) is 0. The first-order chi connectivity index (χ1) is 6.83. The summed E-state index contributed by atoms with van der Waals surface area (Å²) >= 11 is 4.24. The first kappa shape index (κ1) is 65.8. The molecule has 0 fully saturated rings. The normalized spacial score (nSPS) is 3.12. The average molecular weight is 492 g/mol. The predicted octanol–water partition coefficient (Wildman–Crippen LogP) is 3.99. The molecular weight excluding hydrogens is 466 g/mol. The number of aliphatic hydroxyl groups is 1. The highest BCUT2D eigenvalue weighted by atomic mass is 128. The van der Waals surface area contributed by atoms with Gasteiger partial charge in [0.1, 0.15) is 6.29 Å². The summed E-state index contributed by atoms with van der Waals surface area (Å²) in [5.41, 5.74) is 0. The van der Waals surface area contributed by atoms with Crippen molar-refractivity contribution >= 4 is 43.5 Å². The minimum Gasteiger partial charge on any atom is -0.397 e. The van der Waals surface area contributed by atoms with Crippen molar-refractivity contribution in [2.75, 3.05) is 6.61 Å². The number of halogens is 2. The van der Waals surface area contributed by atoms with Crippen LogP contribution >= 0.6 is 37.2 Å². The van der Waals surface area contributed by atoms with Crippen molar-refractivity contribution in [1.82, 2.24) is 0 Å². The Morgan fingerprint density at radius 1 is 0.941 bits per heavy atom. The summed E-state index contributed by atoms with van der Waals surface area (Å²) in [4.78, 5) is 22.8. The van der Waals surface area contributed by atoms with Gasteiger partial charge in [0.15, 0.2) is 0 Å². The quantitative estimate of drug-likeness (QED) is 0.147. The highest BCUT2D eigenvalue weighted by Gasteiger charge is 1.34. The molecule has 0 aliphatic heterocycles. The van der Waals surface area contributed by atoms with Gasteiger partial charge in [0.2, 0.25) is 0 Å². The lowest BCUT2D eigenvalue weighted by Gasteiger charge is -1.52. The molecule has 0 saturated carbocycles. The van der Waals surface area contributed by atoms with Crippen LogP contribution in [0.5, 0.6) is 0 Å². The molecule has 0 aliphatic rings. The maximum atomic E-state index is 8.81. The molecule has 10 heteroatoms. The van der Waals surface area contributed by atoms with Gasteiger partial charge in [-0.15, -0.1) is 0 Å². The Kier molecular flexibility index (Phi) is 2410. The molecule has 0 atom stereocenters. The molecule has 0 radical (unpaired) electrons. The first-order valence-electron chi connectivity index (χ1n) is 2.55. The van der Waals surface area contributed by atoms with Gasteiger partial charge in [-0.3, -0.25) is 21.0 Å². The Labute approximate surface area is 126 Å². The van der Waals surface area contributed by atoms with E-state index in [4.69, 9.17) is 40.9 Å². The third-order valence-corrected chi connectivity index (χ3v) is 0. The van der Waals surface area contributed by atoms with Gasteiger partial charge in [0.05, 0.1) is 0 Å². The fourth-order valence-corrected chi connectivity index (χ4v) is 0. The number of aliphatic hydroxyl groups excluding tert-OH is 1. The highest BCUT2D eigenvalue weighted by Crippen LogP contribution is 1.89. The number of hydrogen-bond acceptors (Lipinski definition) is 8. The Morgan fingerprint density at radius 3 is 0.941 bits per heavy atom. The van der Waals surface area contributed by atoms with Crippen LogP contribution in [0.15, 0.2) is 0 Å². The molecule has 17 heavy (non-hydrogen) atoms. The molecule has 0 spiro atoms. The highest BCUT2D eigenvalue weighted by molar-refractivity contribution is 15.0. The first-order valence-corrected chi connectivity index (χ1v) is 8.83. The molecule has 0 rings (SSSR count). The number of carbonyl (C=O) groups is 1. The smallest absolute Gasteiger partial charge is 0.116 e. The molecule has 5 N–H and O–H groups in total. The van der Waals surface area contributed by atoms with E-state index in [-0.39, 0.29) is 28.9 Å². The van der Waals surface area contributed by atoms with Crippen LogP contribution in [0, 0.1) is 9.93 Å². The lowest BCUT2D eigenvalue weighted by Crippen LogP contribution is -1.57. The van der Waals surface area contributed by atoms with E-state index in [1.807, 2.05) is 0 Å². The zero-order valence-corrected chi connectivity index (χ0v) is 11.8. The second-order valence-corrected chi connectivity index (χ2v) is 0.552. The lowest BCUT2D eigenvalue weighted by atomic mass is 10.9. The van der Waals surface area contributed by atoms with Crippen LogP contribution in [-0.4, -0.2) is 39.0 Å².